The van der Waals surface area contributed by atoms with Crippen molar-refractivity contribution in [3.63, 3.8) is 0 Å². The molecule has 0 unspecified atom stereocenters. The summed E-state index contributed by atoms with van der Waals surface area (Å²) in [5, 5.41) is 50.8. The van der Waals surface area contributed by atoms with Gasteiger partial charge in [0.2, 0.25) is 11.8 Å². The summed E-state index contributed by atoms with van der Waals surface area (Å²) in [5.41, 5.74) is 2.17. The van der Waals surface area contributed by atoms with Crippen LogP contribution in [0.3, 0.4) is 0 Å². The molecule has 0 radical (unpaired) electrons. The molecule has 4 aromatic rings. The lowest BCUT2D eigenvalue weighted by molar-refractivity contribution is -0.121. The van der Waals surface area contributed by atoms with Crippen molar-refractivity contribution in [2.45, 2.75) is 39.5 Å². The molecular weight excluding hydrogens is 632 g/mol. The number of carbonyl (C=O) groups excluding carboxylic acids is 2. The van der Waals surface area contributed by atoms with Gasteiger partial charge in [-0.1, -0.05) is 72.8 Å². The molecule has 1 aliphatic rings. The van der Waals surface area contributed by atoms with Gasteiger partial charge in [0.05, 0.1) is 0 Å². The third-order valence-electron chi connectivity index (χ3n) is 9.49. The number of hydrogen-bond acceptors (Lipinski definition) is 8. The highest BCUT2D eigenvalue weighted by Gasteiger charge is 2.17. The van der Waals surface area contributed by atoms with E-state index in [0.29, 0.717) is 56.9 Å². The van der Waals surface area contributed by atoms with Crippen LogP contribution in [0.2, 0.25) is 0 Å². The van der Waals surface area contributed by atoms with Gasteiger partial charge in [0.15, 0.2) is 0 Å². The number of nitrogens with one attached hydrogen (secondary N) is 2. The van der Waals surface area contributed by atoms with Gasteiger partial charge in [-0.15, -0.1) is 0 Å². The monoisotopic (exact) mass is 680 g/mol. The summed E-state index contributed by atoms with van der Waals surface area (Å²) in [7, 11) is 0. The summed E-state index contributed by atoms with van der Waals surface area (Å²) in [5.74, 6) is 0.281. The summed E-state index contributed by atoms with van der Waals surface area (Å²) in [6.45, 7) is 10.4. The molecule has 10 heteroatoms. The van der Waals surface area contributed by atoms with Gasteiger partial charge in [0.1, 0.15) is 23.0 Å². The highest BCUT2D eigenvalue weighted by molar-refractivity contribution is 5.98. The predicted molar refractivity (Wildman–Crippen MR) is 199 cm³/mol. The average molecular weight is 681 g/mol. The van der Waals surface area contributed by atoms with Gasteiger partial charge < -0.3 is 40.9 Å². The molecule has 0 bridgehead atoms. The van der Waals surface area contributed by atoms with Crippen LogP contribution >= 0.6 is 0 Å². The van der Waals surface area contributed by atoms with Gasteiger partial charge in [-0.05, 0) is 39.8 Å². The largest absolute Gasteiger partial charge is 0.507 e. The van der Waals surface area contributed by atoms with Crippen molar-refractivity contribution in [1.82, 2.24) is 20.4 Å². The Labute approximate surface area is 293 Å². The van der Waals surface area contributed by atoms with E-state index < -0.39 is 0 Å². The van der Waals surface area contributed by atoms with Crippen molar-refractivity contribution in [2.24, 2.45) is 0 Å². The van der Waals surface area contributed by atoms with Crippen molar-refractivity contribution in [3.8, 4) is 23.0 Å². The minimum absolute atomic E-state index is 0.0871. The molecule has 0 saturated carbocycles. The summed E-state index contributed by atoms with van der Waals surface area (Å²) in [6, 6.07) is 14.3. The van der Waals surface area contributed by atoms with Crippen molar-refractivity contribution in [1.29, 1.82) is 0 Å². The first kappa shape index (κ1) is 36.2. The molecule has 1 saturated heterocycles. The normalized spacial score (nSPS) is 14.3. The second kappa shape index (κ2) is 17.0. The van der Waals surface area contributed by atoms with Crippen LogP contribution in [0.5, 0.6) is 23.0 Å². The number of rotatable bonds is 14. The molecule has 4 aromatic carbocycles. The number of aromatic hydroxyl groups is 4. The van der Waals surface area contributed by atoms with E-state index in [-0.39, 0.29) is 47.7 Å². The first-order valence-electron chi connectivity index (χ1n) is 17.3. The zero-order valence-corrected chi connectivity index (χ0v) is 28.9. The third kappa shape index (κ3) is 8.74. The summed E-state index contributed by atoms with van der Waals surface area (Å²) in [6.07, 6.45) is 8.88. The molecular formula is C40H48N4O6. The maximum atomic E-state index is 12.4. The standard InChI is InChI=1S/C40H48N4O6/c1-27-29(39(49)33-13-5-3-11-31(33)37(27)47)15-7-17-35(45)41-19-9-21-43-23-25-44(26-24-43)22-10-20-42-36(46)18-8-16-30-28(2)38(48)32-12-4-6-14-34(32)40(30)50/h3-8,11-16,47-50H,9-10,17-26H2,1-2H3,(H,41,45)(H,42,46)/b15-7+,16-8+. The van der Waals surface area contributed by atoms with Crippen LogP contribution < -0.4 is 10.6 Å². The van der Waals surface area contributed by atoms with Crippen LogP contribution in [0.25, 0.3) is 33.7 Å². The molecule has 0 atom stereocenters. The van der Waals surface area contributed by atoms with Gasteiger partial charge in [0, 0.05) is 95.9 Å². The van der Waals surface area contributed by atoms with E-state index in [1.165, 1.54) is 0 Å². The number of carbonyl (C=O) groups is 2. The van der Waals surface area contributed by atoms with E-state index in [1.807, 2.05) is 24.3 Å². The Morgan fingerprint density at radius 1 is 0.600 bits per heavy atom. The molecule has 1 aliphatic heterocycles. The first-order valence-corrected chi connectivity index (χ1v) is 17.3. The van der Waals surface area contributed by atoms with Crippen molar-refractivity contribution in [3.05, 3.63) is 82.9 Å². The molecule has 10 nitrogen and oxygen atoms in total. The highest BCUT2D eigenvalue weighted by atomic mass is 16.3. The van der Waals surface area contributed by atoms with Crippen LogP contribution in [0.4, 0.5) is 0 Å². The lowest BCUT2D eigenvalue weighted by atomic mass is 9.98. The number of nitrogens with zero attached hydrogens (tertiary/aromatic N) is 2. The highest BCUT2D eigenvalue weighted by Crippen LogP contribution is 2.40. The molecule has 1 heterocycles. The number of phenols is 4. The number of phenolic OH excluding ortho intramolecular Hbond substituents is 4. The summed E-state index contributed by atoms with van der Waals surface area (Å²) < 4.78 is 0. The first-order chi connectivity index (χ1) is 24.2. The lowest BCUT2D eigenvalue weighted by Gasteiger charge is -2.34. The topological polar surface area (TPSA) is 146 Å². The minimum Gasteiger partial charge on any atom is -0.507 e. The number of piperazine rings is 1. The van der Waals surface area contributed by atoms with E-state index in [4.69, 9.17) is 0 Å². The van der Waals surface area contributed by atoms with Gasteiger partial charge in [0.25, 0.3) is 0 Å². The van der Waals surface area contributed by atoms with Crippen LogP contribution in [-0.2, 0) is 9.59 Å². The summed E-state index contributed by atoms with van der Waals surface area (Å²) in [4.78, 5) is 29.6. The number of amides is 2. The molecule has 6 N–H and O–H groups in total. The fourth-order valence-corrected chi connectivity index (χ4v) is 6.51. The average Bonchev–Trinajstić information content (AvgIpc) is 3.13. The Morgan fingerprint density at radius 3 is 1.30 bits per heavy atom. The Hall–Kier alpha value is -5.06. The van der Waals surface area contributed by atoms with E-state index in [0.717, 1.165) is 52.1 Å². The Balaban J connectivity index is 0.927. The molecule has 5 rings (SSSR count). The molecule has 1 fully saturated rings. The molecule has 50 heavy (non-hydrogen) atoms. The number of fused-ring (bicyclic) bond motifs is 2. The maximum absolute atomic E-state index is 12.4. The van der Waals surface area contributed by atoms with Gasteiger partial charge >= 0.3 is 0 Å². The molecule has 0 spiro atoms. The van der Waals surface area contributed by atoms with E-state index in [1.54, 1.807) is 62.4 Å². The van der Waals surface area contributed by atoms with Crippen LogP contribution in [-0.4, -0.2) is 94.4 Å². The zero-order chi connectivity index (χ0) is 35.6. The van der Waals surface area contributed by atoms with E-state index >= 15 is 0 Å². The second-order valence-corrected chi connectivity index (χ2v) is 12.9. The quantitative estimate of drug-likeness (QED) is 0.0750. The second-order valence-electron chi connectivity index (χ2n) is 12.9. The third-order valence-corrected chi connectivity index (χ3v) is 9.49. The fraction of sp³-hybridized carbons (Fsp3) is 0.350. The zero-order valence-electron chi connectivity index (χ0n) is 28.9. The van der Waals surface area contributed by atoms with Crippen molar-refractivity contribution < 1.29 is 30.0 Å². The van der Waals surface area contributed by atoms with Crippen molar-refractivity contribution >= 4 is 45.5 Å². The van der Waals surface area contributed by atoms with Gasteiger partial charge in [-0.2, -0.15) is 0 Å². The fourth-order valence-electron chi connectivity index (χ4n) is 6.51. The van der Waals surface area contributed by atoms with Crippen LogP contribution in [0.15, 0.2) is 60.7 Å². The Kier molecular flexibility index (Phi) is 12.4. The summed E-state index contributed by atoms with van der Waals surface area (Å²) >= 11 is 0. The number of benzene rings is 4. The number of hydrogen-bond donors (Lipinski definition) is 6. The van der Waals surface area contributed by atoms with Crippen LogP contribution in [0.1, 0.15) is 47.9 Å². The molecule has 2 amide bonds. The van der Waals surface area contributed by atoms with E-state index in [2.05, 4.69) is 20.4 Å². The molecule has 0 aromatic heterocycles. The molecule has 264 valence electrons. The SMILES string of the molecule is Cc1c(/C=C/CC(=O)NCCCN2CCN(CCCNC(=O)C/C=C/c3c(C)c(O)c4ccccc4c3O)CC2)c(O)c2ccccc2c1O. The predicted octanol–water partition coefficient (Wildman–Crippen LogP) is 5.57. The Morgan fingerprint density at radius 2 is 0.940 bits per heavy atom. The van der Waals surface area contributed by atoms with Gasteiger partial charge in [-0.25, -0.2) is 0 Å². The maximum Gasteiger partial charge on any atom is 0.223 e. The molecule has 0 aliphatic carbocycles. The van der Waals surface area contributed by atoms with Gasteiger partial charge in [-0.3, -0.25) is 9.59 Å². The smallest absolute Gasteiger partial charge is 0.223 e. The lowest BCUT2D eigenvalue weighted by Crippen LogP contribution is -2.47. The van der Waals surface area contributed by atoms with Crippen molar-refractivity contribution in [2.75, 3.05) is 52.4 Å². The Bertz CT molecular complexity index is 1760. The van der Waals surface area contributed by atoms with E-state index in [9.17, 15) is 30.0 Å². The minimum atomic E-state index is -0.0871. The van der Waals surface area contributed by atoms with Crippen LogP contribution in [0, 0.1) is 13.8 Å².